The van der Waals surface area contributed by atoms with Crippen LogP contribution in [0.2, 0.25) is 0 Å². The second-order valence-electron chi connectivity index (χ2n) is 3.48. The summed E-state index contributed by atoms with van der Waals surface area (Å²) < 4.78 is 40.8. The number of carbonyl (C=O) groups is 1. The lowest BCUT2D eigenvalue weighted by Crippen LogP contribution is -2.21. The van der Waals surface area contributed by atoms with E-state index in [9.17, 15) is 18.0 Å². The molecule has 2 N–H and O–H groups in total. The van der Waals surface area contributed by atoms with Gasteiger partial charge in [-0.15, -0.1) is 0 Å². The fourth-order valence-corrected chi connectivity index (χ4v) is 1.31. The molecule has 96 valence electrons. The summed E-state index contributed by atoms with van der Waals surface area (Å²) in [6.07, 6.45) is -4.38. The number of hydrogen-bond acceptors (Lipinski definition) is 4. The van der Waals surface area contributed by atoms with Gasteiger partial charge in [-0.2, -0.15) is 18.2 Å². The van der Waals surface area contributed by atoms with Gasteiger partial charge >= 0.3 is 12.1 Å². The molecule has 0 aliphatic rings. The zero-order chi connectivity index (χ0) is 13.3. The van der Waals surface area contributed by atoms with Crippen molar-refractivity contribution in [1.82, 2.24) is 4.98 Å². The van der Waals surface area contributed by atoms with Crippen LogP contribution in [0.5, 0.6) is 0 Å². The molecule has 2 rings (SSSR count). The van der Waals surface area contributed by atoms with Crippen LogP contribution >= 0.6 is 0 Å². The smallest absolute Gasteiger partial charge is 0.405 e. The van der Waals surface area contributed by atoms with Crippen molar-refractivity contribution in [2.45, 2.75) is 6.18 Å². The first-order valence-electron chi connectivity index (χ1n) is 4.80. The number of carboxylic acids is 1. The highest BCUT2D eigenvalue weighted by Crippen LogP contribution is 2.22. The van der Waals surface area contributed by atoms with Crippen LogP contribution in [0, 0.1) is 0 Å². The van der Waals surface area contributed by atoms with Gasteiger partial charge in [-0.25, -0.2) is 4.79 Å². The Labute approximate surface area is 98.2 Å². The Bertz CT molecular complexity index is 592. The maximum absolute atomic E-state index is 12.0. The number of carboxylic acid groups (broad SMARTS) is 1. The molecule has 0 saturated heterocycles. The maximum Gasteiger partial charge on any atom is 0.405 e. The monoisotopic (exact) mass is 260 g/mol. The molecule has 1 aromatic carbocycles. The summed E-state index contributed by atoms with van der Waals surface area (Å²) in [7, 11) is 0. The number of aromatic nitrogens is 1. The first-order valence-corrected chi connectivity index (χ1v) is 4.80. The van der Waals surface area contributed by atoms with Gasteiger partial charge in [0.15, 0.2) is 5.58 Å². The molecule has 0 spiro atoms. The van der Waals surface area contributed by atoms with Crippen molar-refractivity contribution in [3.05, 3.63) is 23.8 Å². The Morgan fingerprint density at radius 3 is 2.78 bits per heavy atom. The molecule has 1 heterocycles. The van der Waals surface area contributed by atoms with Gasteiger partial charge in [0.25, 0.3) is 6.01 Å². The average Bonchev–Trinajstić information content (AvgIpc) is 2.66. The van der Waals surface area contributed by atoms with Gasteiger partial charge in [-0.3, -0.25) is 0 Å². The number of fused-ring (bicyclic) bond motifs is 1. The third-order valence-corrected chi connectivity index (χ3v) is 2.08. The third-order valence-electron chi connectivity index (χ3n) is 2.08. The molecule has 0 aliphatic heterocycles. The number of benzene rings is 1. The van der Waals surface area contributed by atoms with E-state index >= 15 is 0 Å². The zero-order valence-electron chi connectivity index (χ0n) is 8.78. The fraction of sp³-hybridized carbons (Fsp3) is 0.200. The molecule has 0 fully saturated rings. The minimum Gasteiger partial charge on any atom is -0.478 e. The molecule has 0 radical (unpaired) electrons. The van der Waals surface area contributed by atoms with Crippen molar-refractivity contribution in [2.24, 2.45) is 0 Å². The van der Waals surface area contributed by atoms with Gasteiger partial charge in [0.05, 0.1) is 5.56 Å². The number of oxazole rings is 1. The molecule has 2 aromatic rings. The van der Waals surface area contributed by atoms with Crippen molar-refractivity contribution >= 4 is 23.1 Å². The fourth-order valence-electron chi connectivity index (χ4n) is 1.31. The standard InChI is InChI=1S/C10H7F3N2O3/c11-10(12,13)4-14-9-15-6-2-1-5(8(16)17)3-7(6)18-9/h1-3H,4H2,(H,14,15)(H,16,17). The third kappa shape index (κ3) is 2.70. The molecule has 1 aromatic heterocycles. The van der Waals surface area contributed by atoms with E-state index in [1.807, 2.05) is 5.32 Å². The van der Waals surface area contributed by atoms with E-state index in [1.165, 1.54) is 18.2 Å². The van der Waals surface area contributed by atoms with Crippen LogP contribution in [0.25, 0.3) is 11.1 Å². The van der Waals surface area contributed by atoms with E-state index in [2.05, 4.69) is 4.98 Å². The molecule has 0 bridgehead atoms. The number of halogens is 3. The van der Waals surface area contributed by atoms with Gasteiger partial charge in [0, 0.05) is 0 Å². The number of alkyl halides is 3. The van der Waals surface area contributed by atoms with Crippen LogP contribution in [0.15, 0.2) is 22.6 Å². The Hall–Kier alpha value is -2.25. The van der Waals surface area contributed by atoms with Crippen LogP contribution in [0.4, 0.5) is 19.2 Å². The topological polar surface area (TPSA) is 75.4 Å². The number of hydrogen-bond donors (Lipinski definition) is 2. The van der Waals surface area contributed by atoms with Crippen molar-refractivity contribution < 1.29 is 27.5 Å². The van der Waals surface area contributed by atoms with E-state index in [0.29, 0.717) is 0 Å². The van der Waals surface area contributed by atoms with Gasteiger partial charge in [-0.05, 0) is 18.2 Å². The lowest BCUT2D eigenvalue weighted by molar-refractivity contribution is -0.115. The summed E-state index contributed by atoms with van der Waals surface area (Å²) in [5.74, 6) is -1.15. The Kier molecular flexibility index (Phi) is 2.85. The Morgan fingerprint density at radius 1 is 1.44 bits per heavy atom. The molecular weight excluding hydrogens is 253 g/mol. The largest absolute Gasteiger partial charge is 0.478 e. The highest BCUT2D eigenvalue weighted by molar-refractivity contribution is 5.92. The predicted octanol–water partition coefficient (Wildman–Crippen LogP) is 2.50. The number of nitrogens with one attached hydrogen (secondary N) is 1. The normalized spacial score (nSPS) is 11.7. The van der Waals surface area contributed by atoms with Crippen LogP contribution in [0.3, 0.4) is 0 Å². The van der Waals surface area contributed by atoms with E-state index in [-0.39, 0.29) is 22.7 Å². The molecule has 0 amide bonds. The van der Waals surface area contributed by atoms with Crippen molar-refractivity contribution in [2.75, 3.05) is 11.9 Å². The second kappa shape index (κ2) is 4.21. The summed E-state index contributed by atoms with van der Waals surface area (Å²) in [5.41, 5.74) is 0.366. The van der Waals surface area contributed by atoms with Gasteiger partial charge in [-0.1, -0.05) is 0 Å². The minimum atomic E-state index is -4.38. The second-order valence-corrected chi connectivity index (χ2v) is 3.48. The summed E-state index contributed by atoms with van der Waals surface area (Å²) in [6.45, 7) is -1.27. The number of rotatable bonds is 3. The highest BCUT2D eigenvalue weighted by Gasteiger charge is 2.27. The van der Waals surface area contributed by atoms with Crippen molar-refractivity contribution in [3.63, 3.8) is 0 Å². The minimum absolute atomic E-state index is 0.0268. The molecule has 8 heteroatoms. The lowest BCUT2D eigenvalue weighted by Gasteiger charge is -2.04. The Morgan fingerprint density at radius 2 is 2.17 bits per heavy atom. The first-order chi connectivity index (χ1) is 8.35. The van der Waals surface area contributed by atoms with Gasteiger partial charge < -0.3 is 14.8 Å². The van der Waals surface area contributed by atoms with E-state index in [0.717, 1.165) is 0 Å². The molecule has 0 aliphatic carbocycles. The van der Waals surface area contributed by atoms with Crippen LogP contribution in [-0.4, -0.2) is 28.8 Å². The van der Waals surface area contributed by atoms with Crippen molar-refractivity contribution in [1.29, 1.82) is 0 Å². The molecule has 0 atom stereocenters. The SMILES string of the molecule is O=C(O)c1ccc2nc(NCC(F)(F)F)oc2c1. The summed E-state index contributed by atoms with van der Waals surface area (Å²) >= 11 is 0. The number of aromatic carboxylic acids is 1. The highest BCUT2D eigenvalue weighted by atomic mass is 19.4. The Balaban J connectivity index is 2.24. The van der Waals surface area contributed by atoms with Crippen molar-refractivity contribution in [3.8, 4) is 0 Å². The quantitative estimate of drug-likeness (QED) is 0.886. The molecule has 18 heavy (non-hydrogen) atoms. The maximum atomic E-state index is 12.0. The summed E-state index contributed by atoms with van der Waals surface area (Å²) in [4.78, 5) is 14.4. The average molecular weight is 260 g/mol. The summed E-state index contributed by atoms with van der Waals surface area (Å²) in [6, 6.07) is 3.55. The van der Waals surface area contributed by atoms with Crippen LogP contribution < -0.4 is 5.32 Å². The van der Waals surface area contributed by atoms with Crippen LogP contribution in [0.1, 0.15) is 10.4 Å². The van der Waals surface area contributed by atoms with Crippen LogP contribution in [-0.2, 0) is 0 Å². The van der Waals surface area contributed by atoms with E-state index in [4.69, 9.17) is 9.52 Å². The van der Waals surface area contributed by atoms with E-state index < -0.39 is 18.7 Å². The number of anilines is 1. The van der Waals surface area contributed by atoms with Gasteiger partial charge in [0.1, 0.15) is 12.1 Å². The molecular formula is C10H7F3N2O3. The lowest BCUT2D eigenvalue weighted by atomic mass is 10.2. The number of nitrogens with zero attached hydrogens (tertiary/aromatic N) is 1. The predicted molar refractivity (Wildman–Crippen MR) is 55.5 cm³/mol. The molecule has 5 nitrogen and oxygen atoms in total. The molecule has 0 saturated carbocycles. The molecule has 0 unspecified atom stereocenters. The first kappa shape index (κ1) is 12.2. The summed E-state index contributed by atoms with van der Waals surface area (Å²) in [5, 5.41) is 10.7. The zero-order valence-corrected chi connectivity index (χ0v) is 8.78. The van der Waals surface area contributed by atoms with Gasteiger partial charge in [0.2, 0.25) is 0 Å². The van der Waals surface area contributed by atoms with E-state index in [1.54, 1.807) is 0 Å².